The highest BCUT2D eigenvalue weighted by atomic mass is 32.2. The van der Waals surface area contributed by atoms with Crippen LogP contribution < -0.4 is 10.0 Å². The van der Waals surface area contributed by atoms with Crippen LogP contribution in [0, 0.1) is 5.82 Å². The average molecular weight is 613 g/mol. The van der Waals surface area contributed by atoms with Crippen molar-refractivity contribution in [1.29, 1.82) is 0 Å². The van der Waals surface area contributed by atoms with E-state index in [2.05, 4.69) is 30.1 Å². The van der Waals surface area contributed by atoms with E-state index in [0.717, 1.165) is 27.6 Å². The second kappa shape index (κ2) is 12.8. The number of sulfonamides is 1. The molecule has 1 unspecified atom stereocenters. The number of benzene rings is 3. The summed E-state index contributed by atoms with van der Waals surface area (Å²) in [7, 11) is -3.83. The summed E-state index contributed by atoms with van der Waals surface area (Å²) in [5, 5.41) is 18.2. The maximum Gasteiger partial charge on any atom is 0.261 e. The Bertz CT molecular complexity index is 1960. The van der Waals surface area contributed by atoms with E-state index in [9.17, 15) is 17.9 Å². The molecule has 0 bridgehead atoms. The number of aliphatic hydroxyl groups excluding tert-OH is 1. The van der Waals surface area contributed by atoms with Crippen LogP contribution >= 0.6 is 0 Å². The van der Waals surface area contributed by atoms with Crippen LogP contribution in [-0.2, 0) is 22.9 Å². The van der Waals surface area contributed by atoms with Crippen LogP contribution in [0.4, 0.5) is 10.1 Å². The Balaban J connectivity index is 1.02. The number of hydrogen-bond donors (Lipinski definition) is 4. The lowest BCUT2D eigenvalue weighted by molar-refractivity contribution is 0.174. The quantitative estimate of drug-likeness (QED) is 0.141. The van der Waals surface area contributed by atoms with Crippen LogP contribution in [0.5, 0.6) is 0 Å². The first-order valence-electron chi connectivity index (χ1n) is 13.9. The molecule has 12 heteroatoms. The average Bonchev–Trinajstić information content (AvgIpc) is 3.67. The molecule has 0 saturated carbocycles. The van der Waals surface area contributed by atoms with Gasteiger partial charge in [-0.2, -0.15) is 4.98 Å². The second-order valence-electron chi connectivity index (χ2n) is 10.3. The van der Waals surface area contributed by atoms with E-state index in [1.165, 1.54) is 24.3 Å². The Morgan fingerprint density at radius 2 is 1.84 bits per heavy atom. The van der Waals surface area contributed by atoms with Crippen molar-refractivity contribution in [2.75, 3.05) is 17.8 Å². The van der Waals surface area contributed by atoms with Gasteiger partial charge in [0.25, 0.3) is 10.0 Å². The van der Waals surface area contributed by atoms with Crippen molar-refractivity contribution >= 4 is 26.6 Å². The third-order valence-corrected chi connectivity index (χ3v) is 8.56. The van der Waals surface area contributed by atoms with E-state index in [4.69, 9.17) is 4.52 Å². The summed E-state index contributed by atoms with van der Waals surface area (Å²) in [6.45, 7) is 1.06. The maximum atomic E-state index is 13.7. The minimum absolute atomic E-state index is 0.0891. The Kier molecular flexibility index (Phi) is 8.46. The van der Waals surface area contributed by atoms with Gasteiger partial charge in [-0.3, -0.25) is 9.71 Å². The van der Waals surface area contributed by atoms with Crippen LogP contribution in [0.3, 0.4) is 0 Å². The van der Waals surface area contributed by atoms with E-state index in [0.29, 0.717) is 48.9 Å². The number of pyridine rings is 1. The first-order valence-corrected chi connectivity index (χ1v) is 15.4. The molecular formula is C32H29FN6O4S. The highest BCUT2D eigenvalue weighted by Gasteiger charge is 2.17. The number of anilines is 1. The lowest BCUT2D eigenvalue weighted by Gasteiger charge is -2.12. The molecule has 0 amide bonds. The summed E-state index contributed by atoms with van der Waals surface area (Å²) >= 11 is 0. The molecule has 0 aliphatic carbocycles. The Morgan fingerprint density at radius 3 is 2.61 bits per heavy atom. The first-order chi connectivity index (χ1) is 21.3. The summed E-state index contributed by atoms with van der Waals surface area (Å²) in [5.74, 6) is 0.342. The highest BCUT2D eigenvalue weighted by Crippen LogP contribution is 2.24. The standard InChI is InChI=1S/C32H29FN6O4S/c33-25-7-12-29-28(17-25)24(19-36-29)16-31-37-32(38-43-31)22-5-10-27(11-6-22)44(41,42)39-26-8-3-21(4-9-26)13-15-35-20-30(40)23-2-1-14-34-18-23/h1-12,14,17-19,30,35-36,39-40H,13,15-16,20H2. The molecule has 10 nitrogen and oxygen atoms in total. The molecule has 0 fully saturated rings. The highest BCUT2D eigenvalue weighted by molar-refractivity contribution is 7.92. The van der Waals surface area contributed by atoms with E-state index < -0.39 is 16.1 Å². The molecule has 0 saturated heterocycles. The van der Waals surface area contributed by atoms with Crippen molar-refractivity contribution in [2.24, 2.45) is 0 Å². The normalized spacial score (nSPS) is 12.4. The molecule has 6 rings (SSSR count). The Hall–Kier alpha value is -4.91. The Morgan fingerprint density at radius 1 is 1.02 bits per heavy atom. The molecule has 0 radical (unpaired) electrons. The molecule has 6 aromatic rings. The maximum absolute atomic E-state index is 13.7. The number of aromatic nitrogens is 4. The molecule has 3 aromatic heterocycles. The summed E-state index contributed by atoms with van der Waals surface area (Å²) in [5.41, 5.74) is 4.45. The topological polar surface area (TPSA) is 146 Å². The zero-order valence-corrected chi connectivity index (χ0v) is 24.3. The molecular weight excluding hydrogens is 583 g/mol. The molecule has 0 aliphatic rings. The number of aliphatic hydroxyl groups is 1. The van der Waals surface area contributed by atoms with Crippen molar-refractivity contribution in [3.05, 3.63) is 126 Å². The van der Waals surface area contributed by atoms with Crippen LogP contribution in [0.1, 0.15) is 28.7 Å². The van der Waals surface area contributed by atoms with Gasteiger partial charge in [-0.25, -0.2) is 12.8 Å². The number of fused-ring (bicyclic) bond motifs is 1. The van der Waals surface area contributed by atoms with Gasteiger partial charge in [0, 0.05) is 52.9 Å². The number of nitrogens with one attached hydrogen (secondary N) is 3. The van der Waals surface area contributed by atoms with E-state index >= 15 is 0 Å². The number of rotatable bonds is 12. The molecule has 0 aliphatic heterocycles. The van der Waals surface area contributed by atoms with Gasteiger partial charge in [-0.15, -0.1) is 0 Å². The monoisotopic (exact) mass is 612 g/mol. The van der Waals surface area contributed by atoms with Gasteiger partial charge in [0.1, 0.15) is 5.82 Å². The zero-order valence-electron chi connectivity index (χ0n) is 23.4. The minimum atomic E-state index is -3.83. The fourth-order valence-corrected chi connectivity index (χ4v) is 5.86. The number of nitrogens with zero attached hydrogens (tertiary/aromatic N) is 3. The lowest BCUT2D eigenvalue weighted by atomic mass is 10.1. The number of halogens is 1. The van der Waals surface area contributed by atoms with Crippen molar-refractivity contribution in [2.45, 2.75) is 23.8 Å². The van der Waals surface area contributed by atoms with Crippen LogP contribution in [0.2, 0.25) is 0 Å². The van der Waals surface area contributed by atoms with Crippen molar-refractivity contribution in [3.63, 3.8) is 0 Å². The molecule has 3 aromatic carbocycles. The third kappa shape index (κ3) is 6.83. The van der Waals surface area contributed by atoms with Crippen LogP contribution in [0.15, 0.2) is 107 Å². The van der Waals surface area contributed by atoms with Gasteiger partial charge < -0.3 is 19.9 Å². The van der Waals surface area contributed by atoms with Gasteiger partial charge in [-0.1, -0.05) is 23.4 Å². The van der Waals surface area contributed by atoms with Gasteiger partial charge in [0.05, 0.1) is 17.4 Å². The summed E-state index contributed by atoms with van der Waals surface area (Å²) in [4.78, 5) is 11.6. The smallest absolute Gasteiger partial charge is 0.261 e. The largest absolute Gasteiger partial charge is 0.387 e. The fourth-order valence-electron chi connectivity index (χ4n) is 4.80. The second-order valence-corrected chi connectivity index (χ2v) is 12.0. The zero-order chi connectivity index (χ0) is 30.5. The van der Waals surface area contributed by atoms with Crippen LogP contribution in [-0.4, -0.2) is 46.7 Å². The molecule has 3 heterocycles. The SMILES string of the molecule is O=S(=O)(Nc1ccc(CCNCC(O)c2cccnc2)cc1)c1ccc(-c2noc(Cc3c[nH]c4ccc(F)cc34)n2)cc1. The van der Waals surface area contributed by atoms with Gasteiger partial charge in [0.2, 0.25) is 11.7 Å². The summed E-state index contributed by atoms with van der Waals surface area (Å²) in [6.07, 6.45) is 5.48. The molecule has 0 spiro atoms. The third-order valence-electron chi connectivity index (χ3n) is 7.17. The van der Waals surface area contributed by atoms with E-state index in [-0.39, 0.29) is 10.7 Å². The van der Waals surface area contributed by atoms with Crippen molar-refractivity contribution < 1.29 is 22.4 Å². The number of H-pyrrole nitrogens is 1. The predicted octanol–water partition coefficient (Wildman–Crippen LogP) is 5.01. The van der Waals surface area contributed by atoms with Crippen molar-refractivity contribution in [1.82, 2.24) is 25.4 Å². The molecule has 1 atom stereocenters. The minimum Gasteiger partial charge on any atom is -0.387 e. The summed E-state index contributed by atoms with van der Waals surface area (Å²) < 4.78 is 47.7. The lowest BCUT2D eigenvalue weighted by Crippen LogP contribution is -2.23. The molecule has 224 valence electrons. The molecule has 44 heavy (non-hydrogen) atoms. The summed E-state index contributed by atoms with van der Waals surface area (Å²) in [6, 6.07) is 21.5. The number of hydrogen-bond acceptors (Lipinski definition) is 8. The Labute approximate surface area is 253 Å². The van der Waals surface area contributed by atoms with Crippen LogP contribution in [0.25, 0.3) is 22.3 Å². The van der Waals surface area contributed by atoms with Gasteiger partial charge in [0.15, 0.2) is 0 Å². The number of aromatic amines is 1. The van der Waals surface area contributed by atoms with Gasteiger partial charge in [-0.05, 0) is 84.8 Å². The predicted molar refractivity (Wildman–Crippen MR) is 164 cm³/mol. The fraction of sp³-hybridized carbons (Fsp3) is 0.156. The van der Waals surface area contributed by atoms with Crippen molar-refractivity contribution in [3.8, 4) is 11.4 Å². The van der Waals surface area contributed by atoms with Gasteiger partial charge >= 0.3 is 0 Å². The van der Waals surface area contributed by atoms with E-state index in [1.807, 2.05) is 18.2 Å². The molecule has 4 N–H and O–H groups in total. The first kappa shape index (κ1) is 29.2. The van der Waals surface area contributed by atoms with E-state index in [1.54, 1.807) is 55.0 Å².